The minimum Gasteiger partial charge on any atom is -0.343 e. The molecule has 3 nitrogen and oxygen atoms in total. The van der Waals surface area contributed by atoms with E-state index in [-0.39, 0.29) is 0 Å². The van der Waals surface area contributed by atoms with Crippen molar-refractivity contribution in [1.82, 2.24) is 15.0 Å². The third kappa shape index (κ3) is 2.25. The first-order chi connectivity index (χ1) is 7.06. The monoisotopic (exact) mass is 215 g/mol. The summed E-state index contributed by atoms with van der Waals surface area (Å²) in [6.45, 7) is 6.66. The van der Waals surface area contributed by atoms with Gasteiger partial charge >= 0.3 is 0 Å². The fourth-order valence-electron chi connectivity index (χ4n) is 1.21. The van der Waals surface area contributed by atoms with Crippen molar-refractivity contribution < 1.29 is 0 Å². The molecule has 0 unspecified atom stereocenters. The number of aromatic amines is 1. The second-order valence-electron chi connectivity index (χ2n) is 4.49. The highest BCUT2D eigenvalue weighted by atomic mass is 28.3. The molecular formula is C11H13N3Si. The molecule has 15 heavy (non-hydrogen) atoms. The Bertz CT molecular complexity index is 540. The van der Waals surface area contributed by atoms with Gasteiger partial charge in [0, 0.05) is 6.20 Å². The summed E-state index contributed by atoms with van der Waals surface area (Å²) in [5, 5.41) is 0. The maximum atomic E-state index is 4.24. The van der Waals surface area contributed by atoms with Crippen LogP contribution in [0, 0.1) is 11.5 Å². The molecule has 0 aliphatic heterocycles. The molecule has 2 aromatic heterocycles. The zero-order valence-corrected chi connectivity index (χ0v) is 10.1. The number of rotatable bonds is 0. The van der Waals surface area contributed by atoms with Crippen LogP contribution in [0.15, 0.2) is 18.7 Å². The molecule has 2 aromatic rings. The van der Waals surface area contributed by atoms with E-state index in [1.54, 1.807) is 18.7 Å². The van der Waals surface area contributed by atoms with E-state index in [1.165, 1.54) is 0 Å². The largest absolute Gasteiger partial charge is 0.343 e. The zero-order valence-electron chi connectivity index (χ0n) is 9.13. The van der Waals surface area contributed by atoms with Crippen molar-refractivity contribution in [3.8, 4) is 11.5 Å². The van der Waals surface area contributed by atoms with Gasteiger partial charge in [-0.15, -0.1) is 5.54 Å². The van der Waals surface area contributed by atoms with Crippen LogP contribution >= 0.6 is 0 Å². The van der Waals surface area contributed by atoms with Gasteiger partial charge in [0.2, 0.25) is 0 Å². The van der Waals surface area contributed by atoms with Gasteiger partial charge in [0.05, 0.1) is 23.6 Å². The van der Waals surface area contributed by atoms with Crippen molar-refractivity contribution in [2.24, 2.45) is 0 Å². The molecule has 0 atom stereocenters. The zero-order chi connectivity index (χ0) is 10.9. The summed E-state index contributed by atoms with van der Waals surface area (Å²) in [6.07, 6.45) is 5.21. The molecule has 4 heteroatoms. The Kier molecular flexibility index (Phi) is 2.33. The quantitative estimate of drug-likeness (QED) is 0.540. The lowest BCUT2D eigenvalue weighted by Gasteiger charge is -2.03. The highest BCUT2D eigenvalue weighted by molar-refractivity contribution is 6.83. The normalized spacial score (nSPS) is 11.1. The lowest BCUT2D eigenvalue weighted by molar-refractivity contribution is 1.33. The molecule has 2 heterocycles. The van der Waals surface area contributed by atoms with Crippen LogP contribution in [0.1, 0.15) is 5.56 Å². The number of imidazole rings is 1. The number of fused-ring (bicyclic) bond motifs is 1. The molecule has 0 saturated carbocycles. The van der Waals surface area contributed by atoms with Crippen LogP contribution in [0.2, 0.25) is 19.6 Å². The summed E-state index contributed by atoms with van der Waals surface area (Å²) >= 11 is 0. The molecule has 0 amide bonds. The van der Waals surface area contributed by atoms with Gasteiger partial charge in [0.25, 0.3) is 0 Å². The topological polar surface area (TPSA) is 41.6 Å². The fourth-order valence-corrected chi connectivity index (χ4v) is 1.72. The predicted molar refractivity (Wildman–Crippen MR) is 64.1 cm³/mol. The Hall–Kier alpha value is -1.60. The molecule has 1 N–H and O–H groups in total. The van der Waals surface area contributed by atoms with Crippen LogP contribution in [-0.2, 0) is 0 Å². The molecule has 0 spiro atoms. The van der Waals surface area contributed by atoms with Crippen LogP contribution in [0.4, 0.5) is 0 Å². The second-order valence-corrected chi connectivity index (χ2v) is 9.24. The van der Waals surface area contributed by atoms with Crippen molar-refractivity contribution in [1.29, 1.82) is 0 Å². The van der Waals surface area contributed by atoms with Crippen molar-refractivity contribution >= 4 is 19.1 Å². The Morgan fingerprint density at radius 2 is 2.07 bits per heavy atom. The Morgan fingerprint density at radius 1 is 1.27 bits per heavy atom. The summed E-state index contributed by atoms with van der Waals surface area (Å²) in [5.74, 6) is 3.18. The maximum Gasteiger partial charge on any atom is 0.129 e. The highest BCUT2D eigenvalue weighted by Gasteiger charge is 2.08. The molecule has 0 radical (unpaired) electrons. The number of nitrogens with one attached hydrogen (secondary N) is 1. The van der Waals surface area contributed by atoms with Gasteiger partial charge in [-0.2, -0.15) is 0 Å². The van der Waals surface area contributed by atoms with Crippen LogP contribution in [-0.4, -0.2) is 23.0 Å². The van der Waals surface area contributed by atoms with Crippen LogP contribution < -0.4 is 0 Å². The van der Waals surface area contributed by atoms with E-state index in [0.29, 0.717) is 0 Å². The molecule has 0 aliphatic rings. The van der Waals surface area contributed by atoms with Gasteiger partial charge in [-0.3, -0.25) is 4.98 Å². The molecule has 2 rings (SSSR count). The highest BCUT2D eigenvalue weighted by Crippen LogP contribution is 2.11. The van der Waals surface area contributed by atoms with Crippen LogP contribution in [0.5, 0.6) is 0 Å². The number of hydrogen-bond acceptors (Lipinski definition) is 2. The number of nitrogens with zero attached hydrogens (tertiary/aromatic N) is 2. The van der Waals surface area contributed by atoms with Crippen molar-refractivity contribution in [3.63, 3.8) is 0 Å². The van der Waals surface area contributed by atoms with Gasteiger partial charge in [0.1, 0.15) is 13.6 Å². The summed E-state index contributed by atoms with van der Waals surface area (Å²) in [4.78, 5) is 11.4. The summed E-state index contributed by atoms with van der Waals surface area (Å²) in [6, 6.07) is 0. The van der Waals surface area contributed by atoms with Gasteiger partial charge < -0.3 is 4.98 Å². The number of hydrogen-bond donors (Lipinski definition) is 1. The molecular weight excluding hydrogens is 202 g/mol. The minimum atomic E-state index is -1.33. The lowest BCUT2D eigenvalue weighted by Crippen LogP contribution is -2.16. The molecule has 0 fully saturated rings. The Morgan fingerprint density at radius 3 is 2.80 bits per heavy atom. The summed E-state index contributed by atoms with van der Waals surface area (Å²) in [7, 11) is -1.33. The van der Waals surface area contributed by atoms with Crippen molar-refractivity contribution in [3.05, 3.63) is 24.3 Å². The van der Waals surface area contributed by atoms with E-state index < -0.39 is 8.07 Å². The first-order valence-electron chi connectivity index (χ1n) is 4.86. The lowest BCUT2D eigenvalue weighted by atomic mass is 10.2. The van der Waals surface area contributed by atoms with E-state index in [9.17, 15) is 0 Å². The maximum absolute atomic E-state index is 4.24. The molecule has 0 bridgehead atoms. The summed E-state index contributed by atoms with van der Waals surface area (Å²) in [5.41, 5.74) is 6.08. The number of aromatic nitrogens is 3. The Labute approximate surface area is 90.0 Å². The first-order valence-corrected chi connectivity index (χ1v) is 8.36. The third-order valence-electron chi connectivity index (χ3n) is 1.90. The van der Waals surface area contributed by atoms with Gasteiger partial charge in [-0.1, -0.05) is 25.6 Å². The smallest absolute Gasteiger partial charge is 0.129 e. The van der Waals surface area contributed by atoms with E-state index in [0.717, 1.165) is 16.6 Å². The van der Waals surface area contributed by atoms with Crippen LogP contribution in [0.25, 0.3) is 11.0 Å². The molecule has 0 saturated heterocycles. The van der Waals surface area contributed by atoms with Crippen molar-refractivity contribution in [2.45, 2.75) is 19.6 Å². The fraction of sp³-hybridized carbons (Fsp3) is 0.273. The van der Waals surface area contributed by atoms with Gasteiger partial charge in [0.15, 0.2) is 0 Å². The molecule has 0 aliphatic carbocycles. The Balaban J connectivity index is 2.51. The van der Waals surface area contributed by atoms with E-state index in [1.807, 2.05) is 0 Å². The van der Waals surface area contributed by atoms with E-state index >= 15 is 0 Å². The molecule has 0 aromatic carbocycles. The number of pyridine rings is 1. The van der Waals surface area contributed by atoms with E-state index in [4.69, 9.17) is 0 Å². The van der Waals surface area contributed by atoms with Crippen molar-refractivity contribution in [2.75, 3.05) is 0 Å². The van der Waals surface area contributed by atoms with Gasteiger partial charge in [-0.05, 0) is 0 Å². The standard InChI is InChI=1S/C11H13N3Si/c1-15(2,3)5-4-9-6-12-7-10-11(9)14-8-13-10/h6-8H,1-3H3,(H,13,14). The van der Waals surface area contributed by atoms with Gasteiger partial charge in [-0.25, -0.2) is 4.98 Å². The summed E-state index contributed by atoms with van der Waals surface area (Å²) < 4.78 is 0. The minimum absolute atomic E-state index is 0.913. The predicted octanol–water partition coefficient (Wildman–Crippen LogP) is 2.19. The van der Waals surface area contributed by atoms with Crippen LogP contribution in [0.3, 0.4) is 0 Å². The van der Waals surface area contributed by atoms with E-state index in [2.05, 4.69) is 46.1 Å². The molecule has 76 valence electrons. The average Bonchev–Trinajstić information content (AvgIpc) is 2.61. The first kappa shape index (κ1) is 9.93. The third-order valence-corrected chi connectivity index (χ3v) is 2.78. The SMILES string of the molecule is C[Si](C)(C)C#Cc1cncc2[nH]cnc12. The number of H-pyrrole nitrogens is 1. The average molecular weight is 215 g/mol. The second kappa shape index (κ2) is 3.52.